The number of H-pyrrole nitrogens is 1. The minimum atomic E-state index is -0.397. The molecule has 27 heavy (non-hydrogen) atoms. The van der Waals surface area contributed by atoms with E-state index in [0.29, 0.717) is 24.2 Å². The van der Waals surface area contributed by atoms with Crippen LogP contribution in [-0.2, 0) is 13.1 Å². The number of fused-ring (bicyclic) bond motifs is 1. The number of nitrogens with one attached hydrogen (secondary N) is 1. The molecule has 0 amide bonds. The number of nitrogens with zero attached hydrogens (tertiary/aromatic N) is 1. The second-order valence-corrected chi connectivity index (χ2v) is 6.52. The van der Waals surface area contributed by atoms with Crippen molar-refractivity contribution in [2.24, 2.45) is 0 Å². The summed E-state index contributed by atoms with van der Waals surface area (Å²) in [6.07, 6.45) is 1.59. The van der Waals surface area contributed by atoms with Crippen LogP contribution in [0.3, 0.4) is 0 Å². The minimum Gasteiger partial charge on any atom is -0.360 e. The van der Waals surface area contributed by atoms with Crippen LogP contribution >= 0.6 is 0 Å². The molecule has 3 aromatic carbocycles. The van der Waals surface area contributed by atoms with Gasteiger partial charge in [-0.3, -0.25) is 4.79 Å². The van der Waals surface area contributed by atoms with E-state index in [1.807, 2.05) is 65.6 Å². The molecule has 0 spiro atoms. The van der Waals surface area contributed by atoms with Crippen LogP contribution in [0.5, 0.6) is 0 Å². The van der Waals surface area contributed by atoms with E-state index in [2.05, 4.69) is 4.98 Å². The van der Waals surface area contributed by atoms with Crippen molar-refractivity contribution >= 4 is 16.5 Å². The smallest absolute Gasteiger partial charge is 0.255 e. The third-order valence-corrected chi connectivity index (χ3v) is 4.61. The van der Waals surface area contributed by atoms with E-state index in [9.17, 15) is 9.18 Å². The van der Waals surface area contributed by atoms with E-state index < -0.39 is 5.82 Å². The molecule has 0 atom stereocenters. The Morgan fingerprint density at radius 3 is 2.00 bits per heavy atom. The third-order valence-electron chi connectivity index (χ3n) is 4.61. The van der Waals surface area contributed by atoms with E-state index >= 15 is 0 Å². The summed E-state index contributed by atoms with van der Waals surface area (Å²) < 4.78 is 15.0. The molecule has 0 saturated heterocycles. The molecular formula is C23H19FN2O. The van der Waals surface area contributed by atoms with Gasteiger partial charge in [0.2, 0.25) is 0 Å². The zero-order chi connectivity index (χ0) is 18.6. The van der Waals surface area contributed by atoms with E-state index in [1.165, 1.54) is 6.07 Å². The maximum atomic E-state index is 15.0. The SMILES string of the molecule is O=c1[nH]ccc2cc(N(Cc3ccccc3)Cc3ccccc3)c(F)cc12. The van der Waals surface area contributed by atoms with Crippen LogP contribution in [0.2, 0.25) is 0 Å². The van der Waals surface area contributed by atoms with Crippen LogP contribution in [0.25, 0.3) is 10.8 Å². The number of anilines is 1. The maximum Gasteiger partial charge on any atom is 0.255 e. The summed E-state index contributed by atoms with van der Waals surface area (Å²) >= 11 is 0. The lowest BCUT2D eigenvalue weighted by Crippen LogP contribution is -2.23. The molecule has 0 fully saturated rings. The van der Waals surface area contributed by atoms with Crippen LogP contribution in [-0.4, -0.2) is 4.98 Å². The van der Waals surface area contributed by atoms with Crippen LogP contribution in [0, 0.1) is 5.82 Å². The van der Waals surface area contributed by atoms with Crippen molar-refractivity contribution in [2.75, 3.05) is 4.90 Å². The number of rotatable bonds is 5. The average Bonchev–Trinajstić information content (AvgIpc) is 2.69. The van der Waals surface area contributed by atoms with Gasteiger partial charge in [-0.2, -0.15) is 0 Å². The van der Waals surface area contributed by atoms with Crippen LogP contribution in [0.4, 0.5) is 10.1 Å². The fraction of sp³-hybridized carbons (Fsp3) is 0.0870. The fourth-order valence-corrected chi connectivity index (χ4v) is 3.27. The number of hydrogen-bond acceptors (Lipinski definition) is 2. The van der Waals surface area contributed by atoms with Gasteiger partial charge in [-0.25, -0.2) is 4.39 Å². The van der Waals surface area contributed by atoms with Crippen molar-refractivity contribution in [3.05, 3.63) is 112 Å². The number of aromatic amines is 1. The summed E-state index contributed by atoms with van der Waals surface area (Å²) in [4.78, 5) is 16.6. The third kappa shape index (κ3) is 3.75. The van der Waals surface area contributed by atoms with Gasteiger partial charge in [0.25, 0.3) is 5.56 Å². The van der Waals surface area contributed by atoms with Crippen LogP contribution in [0.1, 0.15) is 11.1 Å². The van der Waals surface area contributed by atoms with Crippen LogP contribution < -0.4 is 10.5 Å². The van der Waals surface area contributed by atoms with Crippen LogP contribution in [0.15, 0.2) is 89.9 Å². The molecule has 0 unspecified atom stereocenters. The Bertz CT molecular complexity index is 1070. The molecule has 4 heteroatoms. The maximum absolute atomic E-state index is 15.0. The molecule has 1 heterocycles. The van der Waals surface area contributed by atoms with Crippen molar-refractivity contribution in [3.8, 4) is 0 Å². The Morgan fingerprint density at radius 2 is 1.41 bits per heavy atom. The molecular weight excluding hydrogens is 339 g/mol. The molecule has 0 aliphatic heterocycles. The highest BCUT2D eigenvalue weighted by Gasteiger charge is 2.15. The Morgan fingerprint density at radius 1 is 0.815 bits per heavy atom. The van der Waals surface area contributed by atoms with Crippen molar-refractivity contribution in [3.63, 3.8) is 0 Å². The quantitative estimate of drug-likeness (QED) is 0.552. The highest BCUT2D eigenvalue weighted by atomic mass is 19.1. The zero-order valence-corrected chi connectivity index (χ0v) is 14.7. The number of halogens is 1. The monoisotopic (exact) mass is 358 g/mol. The van der Waals surface area contributed by atoms with Gasteiger partial charge < -0.3 is 9.88 Å². The van der Waals surface area contributed by atoms with Crippen molar-refractivity contribution in [2.45, 2.75) is 13.1 Å². The fourth-order valence-electron chi connectivity index (χ4n) is 3.27. The van der Waals surface area contributed by atoms with E-state index in [0.717, 1.165) is 16.5 Å². The second kappa shape index (κ2) is 7.46. The van der Waals surface area contributed by atoms with E-state index in [4.69, 9.17) is 0 Å². The summed E-state index contributed by atoms with van der Waals surface area (Å²) in [7, 11) is 0. The summed E-state index contributed by atoms with van der Waals surface area (Å²) in [6, 6.07) is 24.8. The van der Waals surface area contributed by atoms with Gasteiger partial charge in [-0.1, -0.05) is 60.7 Å². The lowest BCUT2D eigenvalue weighted by atomic mass is 10.1. The molecule has 4 rings (SSSR count). The second-order valence-electron chi connectivity index (χ2n) is 6.52. The van der Waals surface area contributed by atoms with Gasteiger partial charge >= 0.3 is 0 Å². The predicted molar refractivity (Wildman–Crippen MR) is 107 cm³/mol. The van der Waals surface area contributed by atoms with Crippen molar-refractivity contribution in [1.29, 1.82) is 0 Å². The van der Waals surface area contributed by atoms with Gasteiger partial charge in [0.15, 0.2) is 0 Å². The Balaban J connectivity index is 1.78. The molecule has 0 saturated carbocycles. The average molecular weight is 358 g/mol. The molecule has 0 radical (unpaired) electrons. The van der Waals surface area contributed by atoms with Gasteiger partial charge in [0.05, 0.1) is 11.1 Å². The highest BCUT2D eigenvalue weighted by molar-refractivity contribution is 5.85. The molecule has 4 aromatic rings. The lowest BCUT2D eigenvalue weighted by Gasteiger charge is -2.26. The molecule has 1 N–H and O–H groups in total. The zero-order valence-electron chi connectivity index (χ0n) is 14.7. The minimum absolute atomic E-state index is 0.282. The number of pyridine rings is 1. The molecule has 0 aliphatic carbocycles. The first-order chi connectivity index (χ1) is 13.2. The first-order valence-electron chi connectivity index (χ1n) is 8.84. The lowest BCUT2D eigenvalue weighted by molar-refractivity contribution is 0.617. The molecule has 134 valence electrons. The summed E-state index contributed by atoms with van der Waals surface area (Å²) in [6.45, 7) is 1.14. The first kappa shape index (κ1) is 17.0. The number of benzene rings is 3. The molecule has 0 aliphatic rings. The van der Waals surface area contributed by atoms with Gasteiger partial charge in [-0.05, 0) is 34.7 Å². The summed E-state index contributed by atoms with van der Waals surface area (Å²) in [5, 5.41) is 1.08. The highest BCUT2D eigenvalue weighted by Crippen LogP contribution is 2.27. The van der Waals surface area contributed by atoms with Gasteiger partial charge in [0.1, 0.15) is 5.82 Å². The standard InChI is InChI=1S/C23H19FN2O/c24-21-14-20-19(11-12-25-23(20)27)13-22(21)26(15-17-7-3-1-4-8-17)16-18-9-5-2-6-10-18/h1-14H,15-16H2,(H,25,27). The largest absolute Gasteiger partial charge is 0.360 e. The van der Waals surface area contributed by atoms with Gasteiger partial charge in [-0.15, -0.1) is 0 Å². The van der Waals surface area contributed by atoms with Gasteiger partial charge in [0, 0.05) is 19.3 Å². The molecule has 3 nitrogen and oxygen atoms in total. The summed E-state index contributed by atoms with van der Waals surface area (Å²) in [5.74, 6) is -0.397. The van der Waals surface area contributed by atoms with Crippen molar-refractivity contribution in [1.82, 2.24) is 4.98 Å². The predicted octanol–water partition coefficient (Wildman–Crippen LogP) is 4.87. The number of aromatic nitrogens is 1. The summed E-state index contributed by atoms with van der Waals surface area (Å²) in [5.41, 5.74) is 2.40. The molecule has 0 bridgehead atoms. The van der Waals surface area contributed by atoms with E-state index in [-0.39, 0.29) is 5.56 Å². The topological polar surface area (TPSA) is 36.1 Å². The Labute approximate surface area is 156 Å². The number of hydrogen-bond donors (Lipinski definition) is 1. The molecule has 1 aromatic heterocycles. The Hall–Kier alpha value is -3.40. The van der Waals surface area contributed by atoms with Crippen molar-refractivity contribution < 1.29 is 4.39 Å². The first-order valence-corrected chi connectivity index (χ1v) is 8.84. The Kier molecular flexibility index (Phi) is 4.71. The normalized spacial score (nSPS) is 10.9. The van der Waals surface area contributed by atoms with E-state index in [1.54, 1.807) is 18.3 Å².